The van der Waals surface area contributed by atoms with E-state index >= 15 is 0 Å². The van der Waals surface area contributed by atoms with Crippen molar-refractivity contribution >= 4 is 23.9 Å². The summed E-state index contributed by atoms with van der Waals surface area (Å²) in [5.74, 6) is 0.304. The van der Waals surface area contributed by atoms with Gasteiger partial charge in [0.25, 0.3) is 0 Å². The fraction of sp³-hybridized carbons (Fsp3) is 0.0714. The molecule has 3 rings (SSSR count). The van der Waals surface area contributed by atoms with E-state index in [4.69, 9.17) is 0 Å². The SMILES string of the molecule is OB(O)c1cc(F)ccc1Cn1ccnc1-c1cccs1. The molecule has 4 nitrogen and oxygen atoms in total. The van der Waals surface area contributed by atoms with Gasteiger partial charge >= 0.3 is 7.12 Å². The van der Waals surface area contributed by atoms with Crippen LogP contribution in [0.1, 0.15) is 5.56 Å². The minimum atomic E-state index is -1.70. The van der Waals surface area contributed by atoms with Crippen LogP contribution < -0.4 is 5.46 Å². The largest absolute Gasteiger partial charge is 0.488 e. The third-order valence-corrected chi connectivity index (χ3v) is 4.05. The van der Waals surface area contributed by atoms with Crippen molar-refractivity contribution in [2.45, 2.75) is 6.54 Å². The summed E-state index contributed by atoms with van der Waals surface area (Å²) < 4.78 is 15.1. The maximum absolute atomic E-state index is 13.2. The first-order valence-corrected chi connectivity index (χ1v) is 7.22. The highest BCUT2D eigenvalue weighted by Crippen LogP contribution is 2.23. The predicted molar refractivity (Wildman–Crippen MR) is 80.9 cm³/mol. The van der Waals surface area contributed by atoms with Gasteiger partial charge in [-0.3, -0.25) is 0 Å². The fourth-order valence-electron chi connectivity index (χ4n) is 2.20. The van der Waals surface area contributed by atoms with Crippen molar-refractivity contribution in [3.63, 3.8) is 0 Å². The molecule has 0 saturated carbocycles. The number of aromatic nitrogens is 2. The molecule has 2 aromatic heterocycles. The highest BCUT2D eigenvalue weighted by molar-refractivity contribution is 7.13. The van der Waals surface area contributed by atoms with Gasteiger partial charge in [0.05, 0.1) is 4.88 Å². The van der Waals surface area contributed by atoms with Crippen molar-refractivity contribution in [1.82, 2.24) is 9.55 Å². The number of rotatable bonds is 4. The molecule has 0 saturated heterocycles. The summed E-state index contributed by atoms with van der Waals surface area (Å²) >= 11 is 1.58. The standard InChI is InChI=1S/C14H12BFN2O2S/c16-11-4-3-10(12(8-11)15(19)20)9-18-6-5-17-14(18)13-2-1-7-21-13/h1-8,19-20H,9H2. The Morgan fingerprint density at radius 2 is 2.14 bits per heavy atom. The molecule has 0 fully saturated rings. The van der Waals surface area contributed by atoms with E-state index in [0.717, 1.165) is 16.8 Å². The lowest BCUT2D eigenvalue weighted by molar-refractivity contribution is 0.425. The van der Waals surface area contributed by atoms with Crippen LogP contribution in [0.5, 0.6) is 0 Å². The number of halogens is 1. The smallest absolute Gasteiger partial charge is 0.423 e. The Labute approximate surface area is 125 Å². The number of imidazole rings is 1. The molecule has 0 unspecified atom stereocenters. The van der Waals surface area contributed by atoms with Gasteiger partial charge in [-0.05, 0) is 34.6 Å². The third-order valence-electron chi connectivity index (χ3n) is 3.18. The molecule has 3 aromatic rings. The molecular weight excluding hydrogens is 290 g/mol. The highest BCUT2D eigenvalue weighted by atomic mass is 32.1. The van der Waals surface area contributed by atoms with E-state index < -0.39 is 12.9 Å². The Balaban J connectivity index is 1.97. The predicted octanol–water partition coefficient (Wildman–Crippen LogP) is 1.48. The zero-order valence-corrected chi connectivity index (χ0v) is 11.8. The lowest BCUT2D eigenvalue weighted by Gasteiger charge is -2.11. The second kappa shape index (κ2) is 5.81. The van der Waals surface area contributed by atoms with E-state index in [-0.39, 0.29) is 5.46 Å². The van der Waals surface area contributed by atoms with E-state index in [9.17, 15) is 14.4 Å². The van der Waals surface area contributed by atoms with Crippen molar-refractivity contribution in [2.75, 3.05) is 0 Å². The zero-order valence-electron chi connectivity index (χ0n) is 11.0. The van der Waals surface area contributed by atoms with Crippen molar-refractivity contribution in [1.29, 1.82) is 0 Å². The van der Waals surface area contributed by atoms with Gasteiger partial charge in [0.2, 0.25) is 0 Å². The summed E-state index contributed by atoms with van der Waals surface area (Å²) in [6, 6.07) is 7.92. The zero-order chi connectivity index (χ0) is 14.8. The Morgan fingerprint density at radius 3 is 2.86 bits per heavy atom. The number of nitrogens with zero attached hydrogens (tertiary/aromatic N) is 2. The molecule has 7 heteroatoms. The van der Waals surface area contributed by atoms with Crippen molar-refractivity contribution in [3.05, 3.63) is 59.5 Å². The molecule has 0 spiro atoms. The van der Waals surface area contributed by atoms with Crippen LogP contribution in [0.2, 0.25) is 0 Å². The maximum atomic E-state index is 13.2. The Kier molecular flexibility index (Phi) is 3.87. The van der Waals surface area contributed by atoms with Gasteiger partial charge in [0.1, 0.15) is 11.6 Å². The van der Waals surface area contributed by atoms with E-state index in [0.29, 0.717) is 12.1 Å². The number of hydrogen-bond donors (Lipinski definition) is 2. The van der Waals surface area contributed by atoms with Crippen LogP contribution in [0.3, 0.4) is 0 Å². The Morgan fingerprint density at radius 1 is 1.29 bits per heavy atom. The molecule has 0 atom stereocenters. The molecule has 0 aliphatic heterocycles. The van der Waals surface area contributed by atoms with Gasteiger partial charge in [-0.15, -0.1) is 11.3 Å². The van der Waals surface area contributed by atoms with Gasteiger partial charge in [0, 0.05) is 18.9 Å². The third kappa shape index (κ3) is 2.90. The molecule has 0 radical (unpaired) electrons. The van der Waals surface area contributed by atoms with Crippen molar-refractivity contribution < 1.29 is 14.4 Å². The first-order valence-electron chi connectivity index (χ1n) is 6.34. The summed E-state index contributed by atoms with van der Waals surface area (Å²) in [7, 11) is -1.70. The van der Waals surface area contributed by atoms with Gasteiger partial charge in [0.15, 0.2) is 0 Å². The van der Waals surface area contributed by atoms with Gasteiger partial charge in [-0.1, -0.05) is 12.1 Å². The van der Waals surface area contributed by atoms with Crippen LogP contribution in [-0.4, -0.2) is 26.7 Å². The number of benzene rings is 1. The van der Waals surface area contributed by atoms with Crippen LogP contribution in [0.4, 0.5) is 4.39 Å². The molecule has 0 amide bonds. The topological polar surface area (TPSA) is 58.3 Å². The van der Waals surface area contributed by atoms with Gasteiger partial charge in [-0.2, -0.15) is 0 Å². The number of thiophene rings is 1. The van der Waals surface area contributed by atoms with E-state index in [1.54, 1.807) is 23.6 Å². The molecule has 2 N–H and O–H groups in total. The van der Waals surface area contributed by atoms with Crippen LogP contribution in [0.15, 0.2) is 48.1 Å². The Bertz CT molecular complexity index is 743. The second-order valence-corrected chi connectivity index (χ2v) is 5.52. The fourth-order valence-corrected chi connectivity index (χ4v) is 2.94. The molecule has 21 heavy (non-hydrogen) atoms. The van der Waals surface area contributed by atoms with Crippen LogP contribution in [-0.2, 0) is 6.54 Å². The minimum absolute atomic E-state index is 0.167. The minimum Gasteiger partial charge on any atom is -0.423 e. The van der Waals surface area contributed by atoms with Gasteiger partial charge in [-0.25, -0.2) is 9.37 Å². The average Bonchev–Trinajstić information content (AvgIpc) is 3.11. The van der Waals surface area contributed by atoms with Gasteiger partial charge < -0.3 is 14.6 Å². The normalized spacial score (nSPS) is 10.8. The summed E-state index contributed by atoms with van der Waals surface area (Å²) in [4.78, 5) is 5.34. The maximum Gasteiger partial charge on any atom is 0.488 e. The van der Waals surface area contributed by atoms with E-state index in [1.807, 2.05) is 28.3 Å². The summed E-state index contributed by atoms with van der Waals surface area (Å²) in [5.41, 5.74) is 0.808. The first kappa shape index (κ1) is 14.0. The molecular formula is C14H12BFN2O2S. The average molecular weight is 302 g/mol. The lowest BCUT2D eigenvalue weighted by atomic mass is 9.77. The van der Waals surface area contributed by atoms with Crippen molar-refractivity contribution in [2.24, 2.45) is 0 Å². The molecule has 0 bridgehead atoms. The summed E-state index contributed by atoms with van der Waals surface area (Å²) in [5, 5.41) is 20.7. The molecule has 1 aromatic carbocycles. The molecule has 2 heterocycles. The lowest BCUT2D eigenvalue weighted by Crippen LogP contribution is -2.34. The van der Waals surface area contributed by atoms with E-state index in [1.165, 1.54) is 6.07 Å². The summed E-state index contributed by atoms with van der Waals surface area (Å²) in [6.45, 7) is 0.389. The first-order chi connectivity index (χ1) is 10.1. The quantitative estimate of drug-likeness (QED) is 0.718. The molecule has 0 aliphatic carbocycles. The highest BCUT2D eigenvalue weighted by Gasteiger charge is 2.18. The van der Waals surface area contributed by atoms with Crippen molar-refractivity contribution in [3.8, 4) is 10.7 Å². The Hall–Kier alpha value is -1.96. The molecule has 106 valence electrons. The van der Waals surface area contributed by atoms with E-state index in [2.05, 4.69) is 4.98 Å². The second-order valence-electron chi connectivity index (χ2n) is 4.57. The molecule has 0 aliphatic rings. The van der Waals surface area contributed by atoms with Crippen LogP contribution >= 0.6 is 11.3 Å². The van der Waals surface area contributed by atoms with Crippen LogP contribution in [0, 0.1) is 5.82 Å². The summed E-state index contributed by atoms with van der Waals surface area (Å²) in [6.07, 6.45) is 3.50. The number of hydrogen-bond acceptors (Lipinski definition) is 4. The van der Waals surface area contributed by atoms with Crippen LogP contribution in [0.25, 0.3) is 10.7 Å². The monoisotopic (exact) mass is 302 g/mol.